The summed E-state index contributed by atoms with van der Waals surface area (Å²) in [4.78, 5) is 46.5. The highest BCUT2D eigenvalue weighted by Gasteiger charge is 2.22. The summed E-state index contributed by atoms with van der Waals surface area (Å²) in [6.45, 7) is 7.45. The lowest BCUT2D eigenvalue weighted by atomic mass is 9.92. The van der Waals surface area contributed by atoms with E-state index in [1.807, 2.05) is 26.8 Å². The van der Waals surface area contributed by atoms with Gasteiger partial charge in [-0.3, -0.25) is 29.6 Å². The van der Waals surface area contributed by atoms with E-state index in [2.05, 4.69) is 35.5 Å². The Morgan fingerprint density at radius 3 is 2.59 bits per heavy atom. The van der Waals surface area contributed by atoms with Gasteiger partial charge in [0.15, 0.2) is 17.4 Å². The maximum absolute atomic E-state index is 16.1. The van der Waals surface area contributed by atoms with Gasteiger partial charge < -0.3 is 10.3 Å². The third-order valence-corrected chi connectivity index (χ3v) is 7.59. The molecule has 206 valence electrons. The fourth-order valence-corrected chi connectivity index (χ4v) is 5.48. The lowest BCUT2D eigenvalue weighted by Crippen LogP contribution is -2.19. The van der Waals surface area contributed by atoms with E-state index >= 15 is 4.39 Å². The van der Waals surface area contributed by atoms with Crippen LogP contribution in [0.15, 0.2) is 49.2 Å². The van der Waals surface area contributed by atoms with Crippen LogP contribution in [0.1, 0.15) is 43.8 Å². The molecular formula is C29H25FN8O2S. The zero-order chi connectivity index (χ0) is 28.9. The van der Waals surface area contributed by atoms with E-state index in [4.69, 9.17) is 4.98 Å². The highest BCUT2D eigenvalue weighted by Crippen LogP contribution is 2.36. The van der Waals surface area contributed by atoms with Crippen LogP contribution in [0.25, 0.3) is 55.2 Å². The van der Waals surface area contributed by atoms with Crippen molar-refractivity contribution in [3.8, 4) is 33.2 Å². The van der Waals surface area contributed by atoms with Crippen molar-refractivity contribution in [3.05, 3.63) is 59.9 Å². The second kappa shape index (κ2) is 9.97. The number of hydrogen-bond acceptors (Lipinski definition) is 8. The smallest absolute Gasteiger partial charge is 0.224 e. The predicted molar refractivity (Wildman–Crippen MR) is 156 cm³/mol. The molecule has 0 atom stereocenters. The number of imidazole rings is 1. The maximum Gasteiger partial charge on any atom is 0.224 e. The molecule has 0 aromatic carbocycles. The number of nitrogens with zero attached hydrogens (tertiary/aromatic N) is 5. The molecule has 0 spiro atoms. The molecule has 6 heterocycles. The van der Waals surface area contributed by atoms with Crippen LogP contribution in [-0.4, -0.2) is 46.8 Å². The van der Waals surface area contributed by atoms with Gasteiger partial charge in [0.1, 0.15) is 16.9 Å². The molecule has 0 fully saturated rings. The number of fused-ring (bicyclic) bond motifs is 2. The number of aromatic nitrogens is 7. The number of aromatic amines is 2. The summed E-state index contributed by atoms with van der Waals surface area (Å²) >= 11 is 1.36. The summed E-state index contributed by atoms with van der Waals surface area (Å²) in [5, 5.41) is 10.2. The van der Waals surface area contributed by atoms with Gasteiger partial charge in [-0.15, -0.1) is 11.3 Å². The Bertz CT molecular complexity index is 1970. The van der Waals surface area contributed by atoms with Gasteiger partial charge in [-0.05, 0) is 30.5 Å². The largest absolute Gasteiger partial charge is 0.335 e. The van der Waals surface area contributed by atoms with E-state index in [0.29, 0.717) is 44.9 Å². The van der Waals surface area contributed by atoms with Crippen molar-refractivity contribution in [2.45, 2.75) is 34.1 Å². The van der Waals surface area contributed by atoms with Crippen molar-refractivity contribution in [1.82, 2.24) is 35.1 Å². The van der Waals surface area contributed by atoms with E-state index in [1.54, 1.807) is 24.5 Å². The Morgan fingerprint density at radius 2 is 1.83 bits per heavy atom. The van der Waals surface area contributed by atoms with Crippen LogP contribution in [0, 0.1) is 11.2 Å². The maximum atomic E-state index is 16.1. The summed E-state index contributed by atoms with van der Waals surface area (Å²) in [6, 6.07) is 5.28. The standard InChI is InChI=1S/C29H25FN8O2S/c1-14(39)20-5-6-21(41-20)17-11-32-12-19-26(17)36-28(35-19)27-23-18(37-38-27)13-33-25(24(23)30)15-7-16(10-31-9-15)34-22(40)8-29(2,3)4/h5-7,9-13H,8H2,1-4H3,(H,34,40)(H,35,36)(H,37,38). The molecule has 6 aromatic heterocycles. The summed E-state index contributed by atoms with van der Waals surface area (Å²) in [7, 11) is 0. The van der Waals surface area contributed by atoms with Crippen LogP contribution in [0.5, 0.6) is 0 Å². The van der Waals surface area contributed by atoms with Crippen molar-refractivity contribution in [2.75, 3.05) is 5.32 Å². The minimum absolute atomic E-state index is 0.0139. The Labute approximate surface area is 237 Å². The van der Waals surface area contributed by atoms with Crippen LogP contribution in [0.4, 0.5) is 10.1 Å². The van der Waals surface area contributed by atoms with E-state index in [9.17, 15) is 9.59 Å². The highest BCUT2D eigenvalue weighted by atomic mass is 32.1. The number of amides is 1. The molecule has 3 N–H and O–H groups in total. The number of pyridine rings is 3. The number of H-pyrrole nitrogens is 2. The first-order valence-corrected chi connectivity index (χ1v) is 13.6. The highest BCUT2D eigenvalue weighted by molar-refractivity contribution is 7.17. The predicted octanol–water partition coefficient (Wildman–Crippen LogP) is 6.40. The Balaban J connectivity index is 1.39. The van der Waals surface area contributed by atoms with Crippen LogP contribution in [0.3, 0.4) is 0 Å². The van der Waals surface area contributed by atoms with Gasteiger partial charge in [-0.25, -0.2) is 9.37 Å². The minimum Gasteiger partial charge on any atom is -0.335 e. The molecular weight excluding hydrogens is 543 g/mol. The first-order chi connectivity index (χ1) is 19.6. The van der Waals surface area contributed by atoms with Gasteiger partial charge in [-0.2, -0.15) is 5.10 Å². The number of Topliss-reactive ketones (excluding diaryl/α,β-unsaturated/α-hetero) is 1. The molecule has 0 aliphatic carbocycles. The Kier molecular flexibility index (Phi) is 6.41. The molecule has 12 heteroatoms. The van der Waals surface area contributed by atoms with Gasteiger partial charge in [0.2, 0.25) is 5.91 Å². The van der Waals surface area contributed by atoms with E-state index in [-0.39, 0.29) is 33.9 Å². The average Bonchev–Trinajstić information content (AvgIpc) is 3.65. The average molecular weight is 569 g/mol. The summed E-state index contributed by atoms with van der Waals surface area (Å²) in [5.74, 6) is -0.424. The van der Waals surface area contributed by atoms with Gasteiger partial charge in [0.25, 0.3) is 0 Å². The molecule has 0 aliphatic rings. The number of nitrogens with one attached hydrogen (secondary N) is 3. The van der Waals surface area contributed by atoms with Crippen molar-refractivity contribution in [3.63, 3.8) is 0 Å². The molecule has 1 amide bonds. The van der Waals surface area contributed by atoms with Crippen LogP contribution in [-0.2, 0) is 4.79 Å². The fraction of sp³-hybridized carbons (Fsp3) is 0.207. The number of carbonyl (C=O) groups excluding carboxylic acids is 2. The fourth-order valence-electron chi connectivity index (χ4n) is 4.57. The molecule has 6 rings (SSSR count). The van der Waals surface area contributed by atoms with E-state index in [1.165, 1.54) is 36.9 Å². The second-order valence-electron chi connectivity index (χ2n) is 10.9. The van der Waals surface area contributed by atoms with Gasteiger partial charge in [-0.1, -0.05) is 20.8 Å². The van der Waals surface area contributed by atoms with Crippen LogP contribution >= 0.6 is 11.3 Å². The Hall–Kier alpha value is -4.84. The summed E-state index contributed by atoms with van der Waals surface area (Å²) in [6.07, 6.45) is 8.15. The monoisotopic (exact) mass is 568 g/mol. The molecule has 10 nitrogen and oxygen atoms in total. The molecule has 0 radical (unpaired) electrons. The first kappa shape index (κ1) is 26.4. The topological polar surface area (TPSA) is 142 Å². The van der Waals surface area contributed by atoms with Crippen molar-refractivity contribution in [1.29, 1.82) is 0 Å². The van der Waals surface area contributed by atoms with Crippen molar-refractivity contribution in [2.24, 2.45) is 5.41 Å². The van der Waals surface area contributed by atoms with Crippen LogP contribution in [0.2, 0.25) is 0 Å². The third-order valence-electron chi connectivity index (χ3n) is 6.37. The molecule has 0 saturated heterocycles. The number of rotatable bonds is 6. The first-order valence-electron chi connectivity index (χ1n) is 12.8. The number of halogens is 1. The third kappa shape index (κ3) is 5.09. The normalized spacial score (nSPS) is 11.8. The zero-order valence-corrected chi connectivity index (χ0v) is 23.5. The summed E-state index contributed by atoms with van der Waals surface area (Å²) < 4.78 is 16.1. The van der Waals surface area contributed by atoms with Gasteiger partial charge in [0, 0.05) is 34.8 Å². The molecule has 6 aromatic rings. The van der Waals surface area contributed by atoms with Gasteiger partial charge >= 0.3 is 0 Å². The van der Waals surface area contributed by atoms with E-state index < -0.39 is 5.82 Å². The number of ketones is 1. The Morgan fingerprint density at radius 1 is 1.02 bits per heavy atom. The number of thiophene rings is 1. The van der Waals surface area contributed by atoms with Crippen LogP contribution < -0.4 is 5.32 Å². The number of carbonyl (C=O) groups is 2. The zero-order valence-electron chi connectivity index (χ0n) is 22.7. The molecule has 0 bridgehead atoms. The molecule has 0 saturated carbocycles. The molecule has 0 unspecified atom stereocenters. The lowest BCUT2D eigenvalue weighted by Gasteiger charge is -2.17. The van der Waals surface area contributed by atoms with Crippen molar-refractivity contribution >= 4 is 50.7 Å². The van der Waals surface area contributed by atoms with E-state index in [0.717, 1.165) is 10.4 Å². The molecule has 0 aliphatic heterocycles. The number of anilines is 1. The lowest BCUT2D eigenvalue weighted by molar-refractivity contribution is -0.117. The summed E-state index contributed by atoms with van der Waals surface area (Å²) in [5.41, 5.74) is 3.43. The minimum atomic E-state index is -0.602. The SMILES string of the molecule is CC(=O)c1ccc(-c2cncc3[nH]c(-c4n[nH]c5cnc(-c6cncc(NC(=O)CC(C)(C)C)c6)c(F)c45)nc23)s1. The number of hydrogen-bond donors (Lipinski definition) is 3. The van der Waals surface area contributed by atoms with Crippen molar-refractivity contribution < 1.29 is 14.0 Å². The molecule has 41 heavy (non-hydrogen) atoms. The second-order valence-corrected chi connectivity index (χ2v) is 12.0. The van der Waals surface area contributed by atoms with Gasteiger partial charge in [0.05, 0.1) is 45.6 Å². The quantitative estimate of drug-likeness (QED) is 0.197.